The van der Waals surface area contributed by atoms with Gasteiger partial charge in [-0.2, -0.15) is 4.31 Å². The van der Waals surface area contributed by atoms with Gasteiger partial charge in [-0.25, -0.2) is 8.42 Å². The zero-order valence-electron chi connectivity index (χ0n) is 19.7. The van der Waals surface area contributed by atoms with E-state index in [0.717, 1.165) is 57.7 Å². The number of nitrogens with zero attached hydrogens (tertiary/aromatic N) is 3. The Labute approximate surface area is 219 Å². The van der Waals surface area contributed by atoms with Crippen LogP contribution < -0.4 is 10.1 Å². The van der Waals surface area contributed by atoms with Crippen molar-refractivity contribution in [1.82, 2.24) is 19.5 Å². The van der Waals surface area contributed by atoms with Crippen LogP contribution in [0, 0.1) is 0 Å². The van der Waals surface area contributed by atoms with Crippen molar-refractivity contribution in [3.05, 3.63) is 45.9 Å². The molecular formula is C25H27ClN4O4S2. The summed E-state index contributed by atoms with van der Waals surface area (Å²) in [4.78, 5) is 20.5. The quantitative estimate of drug-likeness (QED) is 0.540. The van der Waals surface area contributed by atoms with Crippen molar-refractivity contribution >= 4 is 49.1 Å². The van der Waals surface area contributed by atoms with Crippen LogP contribution in [0.15, 0.2) is 30.5 Å². The van der Waals surface area contributed by atoms with Crippen LogP contribution in [0.5, 0.6) is 5.75 Å². The first-order chi connectivity index (χ1) is 17.4. The van der Waals surface area contributed by atoms with Crippen LogP contribution in [0.4, 0.5) is 0 Å². The molecule has 11 heteroatoms. The third-order valence-corrected chi connectivity index (χ3v) is 10.3. The standard InChI is InChI=1S/C25H27ClN4O4S2/c26-17-11-16-12-22(25(31)29-8-5-27-6-9-29)34-23(16)20(13-17)19-3-4-28-21-14-18(35-24(19)21)15-30-7-1-2-10-36(30,32)33/h3-4,11,13-14,22,27H,1-2,5-10,12,15H2/t22-/m1/s1. The first-order valence-electron chi connectivity index (χ1n) is 12.2. The van der Waals surface area contributed by atoms with Crippen LogP contribution in [0.25, 0.3) is 21.3 Å². The molecule has 0 saturated carbocycles. The average Bonchev–Trinajstić information content (AvgIpc) is 3.48. The first kappa shape index (κ1) is 24.1. The number of carbonyl (C=O) groups is 1. The summed E-state index contributed by atoms with van der Waals surface area (Å²) in [5, 5.41) is 3.86. The number of thiophene rings is 1. The zero-order chi connectivity index (χ0) is 24.9. The molecule has 0 radical (unpaired) electrons. The normalized spacial score (nSPS) is 21.9. The molecule has 2 saturated heterocycles. The van der Waals surface area contributed by atoms with Crippen LogP contribution in [0.3, 0.4) is 0 Å². The predicted molar refractivity (Wildman–Crippen MR) is 141 cm³/mol. The molecule has 2 fully saturated rings. The van der Waals surface area contributed by atoms with E-state index in [-0.39, 0.29) is 11.7 Å². The number of benzene rings is 1. The largest absolute Gasteiger partial charge is 0.479 e. The lowest BCUT2D eigenvalue weighted by Gasteiger charge is -2.29. The molecule has 1 atom stereocenters. The maximum absolute atomic E-state index is 13.1. The molecule has 0 spiro atoms. The number of rotatable bonds is 4. The highest BCUT2D eigenvalue weighted by Gasteiger charge is 2.35. The maximum atomic E-state index is 13.1. The van der Waals surface area contributed by atoms with Crippen molar-refractivity contribution in [2.24, 2.45) is 0 Å². The molecule has 1 amide bonds. The molecule has 3 aliphatic heterocycles. The van der Waals surface area contributed by atoms with E-state index in [9.17, 15) is 13.2 Å². The Morgan fingerprint density at radius 3 is 2.81 bits per heavy atom. The number of sulfonamides is 1. The van der Waals surface area contributed by atoms with Crippen LogP contribution >= 0.6 is 22.9 Å². The van der Waals surface area contributed by atoms with Gasteiger partial charge < -0.3 is 15.0 Å². The minimum atomic E-state index is -3.22. The van der Waals surface area contributed by atoms with Gasteiger partial charge in [0.05, 0.1) is 16.0 Å². The lowest BCUT2D eigenvalue weighted by molar-refractivity contribution is -0.138. The lowest BCUT2D eigenvalue weighted by Crippen LogP contribution is -2.50. The summed E-state index contributed by atoms with van der Waals surface area (Å²) < 4.78 is 33.8. The van der Waals surface area contributed by atoms with Crippen molar-refractivity contribution in [2.45, 2.75) is 31.9 Å². The fourth-order valence-electron chi connectivity index (χ4n) is 5.22. The van der Waals surface area contributed by atoms with Gasteiger partial charge in [0.1, 0.15) is 5.75 Å². The molecule has 1 N–H and O–H groups in total. The molecular weight excluding hydrogens is 520 g/mol. The maximum Gasteiger partial charge on any atom is 0.264 e. The lowest BCUT2D eigenvalue weighted by atomic mass is 10.0. The summed E-state index contributed by atoms with van der Waals surface area (Å²) >= 11 is 8.07. The minimum Gasteiger partial charge on any atom is -0.479 e. The fraction of sp³-hybridized carbons (Fsp3) is 0.440. The van der Waals surface area contributed by atoms with Gasteiger partial charge in [0, 0.05) is 78.5 Å². The Morgan fingerprint density at radius 2 is 2.00 bits per heavy atom. The van der Waals surface area contributed by atoms with Gasteiger partial charge in [-0.05, 0) is 37.1 Å². The molecule has 3 aliphatic rings. The van der Waals surface area contributed by atoms with Crippen molar-refractivity contribution in [3.8, 4) is 16.9 Å². The van der Waals surface area contributed by atoms with Gasteiger partial charge in [-0.3, -0.25) is 9.78 Å². The van der Waals surface area contributed by atoms with Crippen molar-refractivity contribution in [2.75, 3.05) is 38.5 Å². The number of aromatic nitrogens is 1. The summed E-state index contributed by atoms with van der Waals surface area (Å²) in [5.74, 6) is 0.908. The molecule has 6 rings (SSSR count). The summed E-state index contributed by atoms with van der Waals surface area (Å²) in [5.41, 5.74) is 3.49. The Balaban J connectivity index is 1.33. The number of piperazine rings is 1. The third kappa shape index (κ3) is 4.50. The van der Waals surface area contributed by atoms with Crippen LogP contribution in [-0.4, -0.2) is 73.1 Å². The van der Waals surface area contributed by atoms with Gasteiger partial charge in [-0.15, -0.1) is 11.3 Å². The van der Waals surface area contributed by atoms with Gasteiger partial charge in [-0.1, -0.05) is 11.6 Å². The molecule has 190 valence electrons. The van der Waals surface area contributed by atoms with E-state index in [1.165, 1.54) is 0 Å². The second-order valence-corrected chi connectivity index (χ2v) is 13.1. The molecule has 0 bridgehead atoms. The number of carbonyl (C=O) groups excluding carboxylic acids is 1. The topological polar surface area (TPSA) is 91.8 Å². The Bertz CT molecular complexity index is 1440. The summed E-state index contributed by atoms with van der Waals surface area (Å²) in [6.07, 6.45) is 3.28. The molecule has 5 heterocycles. The number of amides is 1. The van der Waals surface area contributed by atoms with Crippen molar-refractivity contribution in [1.29, 1.82) is 0 Å². The first-order valence-corrected chi connectivity index (χ1v) is 15.0. The van der Waals surface area contributed by atoms with Gasteiger partial charge in [0.25, 0.3) is 5.91 Å². The van der Waals surface area contributed by atoms with Gasteiger partial charge in [0.15, 0.2) is 6.10 Å². The summed E-state index contributed by atoms with van der Waals surface area (Å²) in [6, 6.07) is 7.66. The molecule has 0 unspecified atom stereocenters. The number of nitrogens with one attached hydrogen (secondary N) is 1. The SMILES string of the molecule is O=C([C@H]1Cc2cc(Cl)cc(-c3ccnc4cc(CN5CCCCS5(=O)=O)sc34)c2O1)N1CCNCC1. The van der Waals surface area contributed by atoms with Crippen molar-refractivity contribution < 1.29 is 17.9 Å². The number of ether oxygens (including phenoxy) is 1. The zero-order valence-corrected chi connectivity index (χ0v) is 22.1. The number of halogens is 1. The average molecular weight is 547 g/mol. The molecule has 8 nitrogen and oxygen atoms in total. The molecule has 1 aromatic carbocycles. The fourth-order valence-corrected chi connectivity index (χ4v) is 8.27. The highest BCUT2D eigenvalue weighted by Crippen LogP contribution is 2.45. The van der Waals surface area contributed by atoms with E-state index in [0.29, 0.717) is 43.4 Å². The highest BCUT2D eigenvalue weighted by molar-refractivity contribution is 7.89. The Hall–Kier alpha value is -2.24. The smallest absolute Gasteiger partial charge is 0.264 e. The van der Waals surface area contributed by atoms with Crippen molar-refractivity contribution in [3.63, 3.8) is 0 Å². The number of hydrogen-bond donors (Lipinski definition) is 1. The van der Waals surface area contributed by atoms with E-state index >= 15 is 0 Å². The molecule has 36 heavy (non-hydrogen) atoms. The van der Waals surface area contributed by atoms with Crippen LogP contribution in [0.2, 0.25) is 5.02 Å². The van der Waals surface area contributed by atoms with E-state index in [1.807, 2.05) is 29.2 Å². The van der Waals surface area contributed by atoms with Gasteiger partial charge >= 0.3 is 0 Å². The van der Waals surface area contributed by atoms with E-state index in [2.05, 4.69) is 10.3 Å². The van der Waals surface area contributed by atoms with Crippen LogP contribution in [-0.2, 0) is 27.8 Å². The van der Waals surface area contributed by atoms with E-state index < -0.39 is 16.1 Å². The van der Waals surface area contributed by atoms with E-state index in [4.69, 9.17) is 16.3 Å². The number of hydrogen-bond acceptors (Lipinski definition) is 7. The second-order valence-electron chi connectivity index (χ2n) is 9.47. The van der Waals surface area contributed by atoms with Gasteiger partial charge in [0.2, 0.25) is 10.0 Å². The second kappa shape index (κ2) is 9.57. The molecule has 2 aromatic heterocycles. The summed E-state index contributed by atoms with van der Waals surface area (Å²) in [6.45, 7) is 3.84. The Morgan fingerprint density at radius 1 is 1.17 bits per heavy atom. The highest BCUT2D eigenvalue weighted by atomic mass is 35.5. The Kier molecular flexibility index (Phi) is 6.41. The van der Waals surface area contributed by atoms with E-state index in [1.54, 1.807) is 21.8 Å². The monoisotopic (exact) mass is 546 g/mol. The minimum absolute atomic E-state index is 0.01000. The molecule has 3 aromatic rings. The number of pyridine rings is 1. The predicted octanol–water partition coefficient (Wildman–Crippen LogP) is 3.28. The van der Waals surface area contributed by atoms with Crippen LogP contribution in [0.1, 0.15) is 23.3 Å². The number of fused-ring (bicyclic) bond motifs is 2. The molecule has 0 aliphatic carbocycles. The summed E-state index contributed by atoms with van der Waals surface area (Å²) in [7, 11) is -3.22. The third-order valence-electron chi connectivity index (χ3n) is 7.04.